The third-order valence-corrected chi connectivity index (χ3v) is 7.92. The number of rotatable bonds is 6. The summed E-state index contributed by atoms with van der Waals surface area (Å²) in [7, 11) is 0. The zero-order valence-electron chi connectivity index (χ0n) is 18.2. The van der Waals surface area contributed by atoms with Crippen molar-refractivity contribution in [2.75, 3.05) is 0 Å². The molecule has 5 rings (SSSR count). The Hall–Kier alpha value is -2.80. The Morgan fingerprint density at radius 3 is 2.50 bits per heavy atom. The first-order valence-corrected chi connectivity index (χ1v) is 12.0. The van der Waals surface area contributed by atoms with Crippen LogP contribution < -0.4 is 10.6 Å². The van der Waals surface area contributed by atoms with Crippen LogP contribution in [0.4, 0.5) is 0 Å². The number of hydrogen-bond acceptors (Lipinski definition) is 4. The summed E-state index contributed by atoms with van der Waals surface area (Å²) in [6, 6.07) is 16.1. The minimum Gasteiger partial charge on any atom is -0.352 e. The first-order valence-electron chi connectivity index (χ1n) is 11.1. The van der Waals surface area contributed by atoms with Gasteiger partial charge >= 0.3 is 0 Å². The smallest absolute Gasteiger partial charge is 0.256 e. The van der Waals surface area contributed by atoms with Gasteiger partial charge in [0, 0.05) is 22.8 Å². The van der Waals surface area contributed by atoms with Gasteiger partial charge < -0.3 is 15.5 Å². The molecule has 1 saturated carbocycles. The van der Waals surface area contributed by atoms with E-state index >= 15 is 0 Å². The van der Waals surface area contributed by atoms with Gasteiger partial charge in [0.05, 0.1) is 0 Å². The molecule has 2 aromatic rings. The normalized spacial score (nSPS) is 23.9. The van der Waals surface area contributed by atoms with E-state index in [1.807, 2.05) is 68.4 Å². The second kappa shape index (κ2) is 7.96. The van der Waals surface area contributed by atoms with Gasteiger partial charge in [0.2, 0.25) is 11.8 Å². The van der Waals surface area contributed by atoms with E-state index in [9.17, 15) is 14.4 Å². The van der Waals surface area contributed by atoms with Crippen LogP contribution in [-0.2, 0) is 16.0 Å². The van der Waals surface area contributed by atoms with Crippen molar-refractivity contribution >= 4 is 29.5 Å². The van der Waals surface area contributed by atoms with Gasteiger partial charge in [0.1, 0.15) is 17.5 Å². The van der Waals surface area contributed by atoms with E-state index in [1.54, 1.807) is 16.7 Å². The van der Waals surface area contributed by atoms with E-state index in [1.165, 1.54) is 0 Å². The van der Waals surface area contributed by atoms with E-state index < -0.39 is 16.8 Å². The van der Waals surface area contributed by atoms with Gasteiger partial charge in [-0.15, -0.1) is 11.8 Å². The van der Waals surface area contributed by atoms with Gasteiger partial charge in [-0.2, -0.15) is 0 Å². The molecule has 3 unspecified atom stereocenters. The predicted molar refractivity (Wildman–Crippen MR) is 124 cm³/mol. The molecule has 32 heavy (non-hydrogen) atoms. The number of thioether (sulfide) groups is 1. The molecule has 3 amide bonds. The van der Waals surface area contributed by atoms with Crippen LogP contribution in [0.15, 0.2) is 54.6 Å². The Labute approximate surface area is 192 Å². The molecule has 2 aliphatic heterocycles. The number of nitrogens with one attached hydrogen (secondary N) is 2. The van der Waals surface area contributed by atoms with E-state index in [2.05, 4.69) is 10.6 Å². The highest BCUT2D eigenvalue weighted by Crippen LogP contribution is 2.56. The summed E-state index contributed by atoms with van der Waals surface area (Å²) >= 11 is 1.63. The van der Waals surface area contributed by atoms with Gasteiger partial charge in [-0.25, -0.2) is 0 Å². The van der Waals surface area contributed by atoms with Crippen LogP contribution in [0.25, 0.3) is 0 Å². The van der Waals surface area contributed by atoms with Gasteiger partial charge in [0.25, 0.3) is 5.91 Å². The minimum absolute atomic E-state index is 0.120. The van der Waals surface area contributed by atoms with E-state index in [0.29, 0.717) is 12.0 Å². The molecule has 2 aromatic carbocycles. The van der Waals surface area contributed by atoms with Crippen LogP contribution in [0.5, 0.6) is 0 Å². The van der Waals surface area contributed by atoms with E-state index in [-0.39, 0.29) is 29.1 Å². The maximum Gasteiger partial charge on any atom is 0.256 e. The lowest BCUT2D eigenvalue weighted by atomic mass is 9.99. The van der Waals surface area contributed by atoms with Crippen molar-refractivity contribution in [1.29, 1.82) is 0 Å². The second-order valence-corrected chi connectivity index (χ2v) is 11.0. The quantitative estimate of drug-likeness (QED) is 0.711. The largest absolute Gasteiger partial charge is 0.352 e. The number of benzene rings is 2. The van der Waals surface area contributed by atoms with Crippen LogP contribution in [0.1, 0.15) is 53.5 Å². The number of hydrogen-bond donors (Lipinski definition) is 2. The first kappa shape index (κ1) is 21.1. The van der Waals surface area contributed by atoms with Crippen molar-refractivity contribution in [2.45, 2.75) is 61.4 Å². The predicted octanol–water partition coefficient (Wildman–Crippen LogP) is 3.04. The summed E-state index contributed by atoms with van der Waals surface area (Å²) < 4.78 is -0.484. The standard InChI is InChI=1S/C25H27N3O3S/c1-25(2)20(28-23(31)17-10-6-7-11-18(17)24(28)32-25)22(30)27-19(21(29)26-16-12-13-16)14-15-8-4-3-5-9-15/h3-11,16,19-20,24H,12-14H2,1-2H3,(H,26,29)(H,27,30). The molecule has 3 aliphatic rings. The van der Waals surface area contributed by atoms with Crippen LogP contribution in [0, 0.1) is 0 Å². The fourth-order valence-corrected chi connectivity index (χ4v) is 6.23. The lowest BCUT2D eigenvalue weighted by Crippen LogP contribution is -2.57. The SMILES string of the molecule is CC1(C)SC2c3ccccc3C(=O)N2C1C(=O)NC(Cc1ccccc1)C(=O)NC1CC1. The van der Waals surface area contributed by atoms with Crippen molar-refractivity contribution in [1.82, 2.24) is 15.5 Å². The Morgan fingerprint density at radius 1 is 1.09 bits per heavy atom. The van der Waals surface area contributed by atoms with Crippen LogP contribution in [0.2, 0.25) is 0 Å². The monoisotopic (exact) mass is 449 g/mol. The van der Waals surface area contributed by atoms with Crippen LogP contribution in [-0.4, -0.2) is 45.5 Å². The molecular weight excluding hydrogens is 422 g/mol. The van der Waals surface area contributed by atoms with Gasteiger partial charge in [-0.05, 0) is 43.9 Å². The molecule has 2 heterocycles. The summed E-state index contributed by atoms with van der Waals surface area (Å²) in [5.74, 6) is -0.565. The Kier molecular flexibility index (Phi) is 5.24. The molecule has 2 N–H and O–H groups in total. The molecule has 7 heteroatoms. The van der Waals surface area contributed by atoms with Gasteiger partial charge in [-0.3, -0.25) is 14.4 Å². The van der Waals surface area contributed by atoms with Crippen molar-refractivity contribution in [2.24, 2.45) is 0 Å². The van der Waals surface area contributed by atoms with Crippen molar-refractivity contribution in [3.63, 3.8) is 0 Å². The number of fused-ring (bicyclic) bond motifs is 3. The number of amides is 3. The summed E-state index contributed by atoms with van der Waals surface area (Å²) in [5.41, 5.74) is 2.59. The lowest BCUT2D eigenvalue weighted by molar-refractivity contribution is -0.131. The van der Waals surface area contributed by atoms with Crippen LogP contribution >= 0.6 is 11.8 Å². The van der Waals surface area contributed by atoms with Gasteiger partial charge in [0.15, 0.2) is 0 Å². The molecule has 0 spiro atoms. The highest BCUT2D eigenvalue weighted by Gasteiger charge is 2.57. The number of nitrogens with zero attached hydrogens (tertiary/aromatic N) is 1. The molecule has 6 nitrogen and oxygen atoms in total. The topological polar surface area (TPSA) is 78.5 Å². The molecule has 1 saturated heterocycles. The number of carbonyl (C=O) groups is 3. The maximum atomic E-state index is 13.6. The maximum absolute atomic E-state index is 13.6. The first-order chi connectivity index (χ1) is 15.3. The number of carbonyl (C=O) groups excluding carboxylic acids is 3. The highest BCUT2D eigenvalue weighted by atomic mass is 32.2. The molecule has 2 fully saturated rings. The zero-order valence-corrected chi connectivity index (χ0v) is 19.0. The molecule has 1 aliphatic carbocycles. The third kappa shape index (κ3) is 3.79. The van der Waals surface area contributed by atoms with E-state index in [4.69, 9.17) is 0 Å². The summed E-state index contributed by atoms with van der Waals surface area (Å²) in [5, 5.41) is 5.84. The van der Waals surface area contributed by atoms with Crippen molar-refractivity contribution in [3.05, 3.63) is 71.3 Å². The molecule has 0 radical (unpaired) electrons. The fourth-order valence-electron chi connectivity index (χ4n) is 4.64. The Balaban J connectivity index is 1.39. The average molecular weight is 450 g/mol. The molecule has 3 atom stereocenters. The molecule has 0 aromatic heterocycles. The average Bonchev–Trinajstić information content (AvgIpc) is 3.49. The van der Waals surface area contributed by atoms with E-state index in [0.717, 1.165) is 24.0 Å². The second-order valence-electron chi connectivity index (χ2n) is 9.31. The van der Waals surface area contributed by atoms with Crippen molar-refractivity contribution in [3.8, 4) is 0 Å². The molecule has 0 bridgehead atoms. The lowest BCUT2D eigenvalue weighted by Gasteiger charge is -2.31. The summed E-state index contributed by atoms with van der Waals surface area (Å²) in [6.07, 6.45) is 2.36. The molecule has 166 valence electrons. The van der Waals surface area contributed by atoms with Gasteiger partial charge in [-0.1, -0.05) is 48.5 Å². The summed E-state index contributed by atoms with van der Waals surface area (Å²) in [6.45, 7) is 3.99. The summed E-state index contributed by atoms with van der Waals surface area (Å²) in [4.78, 5) is 41.5. The minimum atomic E-state index is -0.689. The Bertz CT molecular complexity index is 1070. The zero-order chi connectivity index (χ0) is 22.5. The van der Waals surface area contributed by atoms with Crippen LogP contribution in [0.3, 0.4) is 0 Å². The Morgan fingerprint density at radius 2 is 1.78 bits per heavy atom. The highest BCUT2D eigenvalue weighted by molar-refractivity contribution is 8.01. The third-order valence-electron chi connectivity index (χ3n) is 6.38. The fraction of sp³-hybridized carbons (Fsp3) is 0.400. The van der Waals surface area contributed by atoms with Crippen molar-refractivity contribution < 1.29 is 14.4 Å². The molecular formula is C25H27N3O3S.